The number of aryl methyl sites for hydroxylation is 2. The van der Waals surface area contributed by atoms with E-state index in [4.69, 9.17) is 4.74 Å². The van der Waals surface area contributed by atoms with Crippen LogP contribution in [0.5, 0.6) is 0 Å². The molecule has 2 unspecified atom stereocenters. The normalized spacial score (nSPS) is 13.0. The van der Waals surface area contributed by atoms with Gasteiger partial charge in [0.05, 0.1) is 0 Å². The Morgan fingerprint density at radius 1 is 1.03 bits per heavy atom. The zero-order chi connectivity index (χ0) is 28.0. The third-order valence-electron chi connectivity index (χ3n) is 6.09. The van der Waals surface area contributed by atoms with Gasteiger partial charge in [-0.05, 0) is 82.6 Å². The number of nitrogens with zero attached hydrogens (tertiary/aromatic N) is 1. The Morgan fingerprint density at radius 2 is 1.65 bits per heavy atom. The molecule has 1 rings (SSSR count). The maximum atomic E-state index is 14.2. The number of hydrogen-bond acceptors (Lipinski definition) is 5. The molecule has 0 bridgehead atoms. The molecule has 0 aromatic heterocycles. The van der Waals surface area contributed by atoms with Gasteiger partial charge in [-0.2, -0.15) is 11.8 Å². The summed E-state index contributed by atoms with van der Waals surface area (Å²) in [6.07, 6.45) is 6.32. The second-order valence-electron chi connectivity index (χ2n) is 10.6. The molecular formula is C29H49N3O4S. The molecule has 0 saturated carbocycles. The lowest BCUT2D eigenvalue weighted by atomic mass is 9.93. The van der Waals surface area contributed by atoms with Crippen LogP contribution in [0.3, 0.4) is 0 Å². The lowest BCUT2D eigenvalue weighted by Crippen LogP contribution is -2.53. The molecule has 210 valence electrons. The van der Waals surface area contributed by atoms with Gasteiger partial charge in [0.2, 0.25) is 11.8 Å². The molecule has 8 heteroatoms. The van der Waals surface area contributed by atoms with Gasteiger partial charge in [0.15, 0.2) is 0 Å². The number of carbonyl (C=O) groups excluding carboxylic acids is 3. The molecule has 0 fully saturated rings. The van der Waals surface area contributed by atoms with Gasteiger partial charge in [0.25, 0.3) is 0 Å². The minimum atomic E-state index is -0.792. The largest absolute Gasteiger partial charge is 0.444 e. The summed E-state index contributed by atoms with van der Waals surface area (Å²) in [4.78, 5) is 42.3. The zero-order valence-electron chi connectivity index (χ0n) is 24.2. The predicted octanol–water partition coefficient (Wildman–Crippen LogP) is 5.93. The number of hydrogen-bond donors (Lipinski definition) is 2. The number of thioether (sulfide) groups is 1. The molecule has 0 saturated heterocycles. The van der Waals surface area contributed by atoms with Crippen molar-refractivity contribution in [1.82, 2.24) is 15.5 Å². The van der Waals surface area contributed by atoms with E-state index in [-0.39, 0.29) is 11.8 Å². The van der Waals surface area contributed by atoms with Crippen molar-refractivity contribution in [2.45, 2.75) is 105 Å². The van der Waals surface area contributed by atoms with Crippen LogP contribution >= 0.6 is 11.8 Å². The highest BCUT2D eigenvalue weighted by atomic mass is 32.2. The van der Waals surface area contributed by atoms with E-state index in [2.05, 4.69) is 24.5 Å². The summed E-state index contributed by atoms with van der Waals surface area (Å²) in [7, 11) is 0. The van der Waals surface area contributed by atoms with Gasteiger partial charge in [-0.3, -0.25) is 9.59 Å². The average molecular weight is 536 g/mol. The standard InChI is InChI=1S/C29H49N3O4S/c1-9-11-13-19-32(27(34)23(17-20-37-8)31-28(35)36-29(5,6)7)25(26(33)30-18-12-10-2)24-21(3)15-14-16-22(24)4/h14-16,23,25H,9-13,17-20H2,1-8H3,(H,30,33)(H,31,35). The lowest BCUT2D eigenvalue weighted by Gasteiger charge is -2.36. The Hall–Kier alpha value is -2.22. The summed E-state index contributed by atoms with van der Waals surface area (Å²) in [6, 6.07) is 4.36. The number of rotatable bonds is 15. The van der Waals surface area contributed by atoms with Gasteiger partial charge in [-0.25, -0.2) is 4.79 Å². The molecule has 0 aliphatic rings. The van der Waals surface area contributed by atoms with Crippen LogP contribution in [-0.2, 0) is 14.3 Å². The van der Waals surface area contributed by atoms with E-state index in [1.165, 1.54) is 0 Å². The molecule has 0 aliphatic heterocycles. The first-order valence-corrected chi connectivity index (χ1v) is 15.0. The molecule has 1 aromatic carbocycles. The summed E-state index contributed by atoms with van der Waals surface area (Å²) in [5.41, 5.74) is 2.09. The molecule has 1 aromatic rings. The first-order valence-electron chi connectivity index (χ1n) is 13.6. The fourth-order valence-electron chi connectivity index (χ4n) is 4.21. The van der Waals surface area contributed by atoms with E-state index >= 15 is 0 Å². The lowest BCUT2D eigenvalue weighted by molar-refractivity contribution is -0.142. The first kappa shape index (κ1) is 32.8. The average Bonchev–Trinajstić information content (AvgIpc) is 2.81. The molecule has 0 aliphatic carbocycles. The Kier molecular flexibility index (Phi) is 14.7. The predicted molar refractivity (Wildman–Crippen MR) is 154 cm³/mol. The third-order valence-corrected chi connectivity index (χ3v) is 6.73. The van der Waals surface area contributed by atoms with E-state index in [1.54, 1.807) is 37.4 Å². The molecule has 0 spiro atoms. The summed E-state index contributed by atoms with van der Waals surface area (Å²) >= 11 is 1.61. The number of alkyl carbamates (subject to hydrolysis) is 1. The molecule has 2 N–H and O–H groups in total. The van der Waals surface area contributed by atoms with E-state index in [1.807, 2.05) is 38.3 Å². The smallest absolute Gasteiger partial charge is 0.408 e. The molecule has 0 heterocycles. The van der Waals surface area contributed by atoms with Crippen molar-refractivity contribution >= 4 is 29.7 Å². The molecule has 2 atom stereocenters. The van der Waals surface area contributed by atoms with Crippen LogP contribution in [0.25, 0.3) is 0 Å². The molecule has 7 nitrogen and oxygen atoms in total. The maximum Gasteiger partial charge on any atom is 0.408 e. The molecule has 0 radical (unpaired) electrons. The van der Waals surface area contributed by atoms with Gasteiger partial charge >= 0.3 is 6.09 Å². The Morgan fingerprint density at radius 3 is 2.19 bits per heavy atom. The topological polar surface area (TPSA) is 87.7 Å². The van der Waals surface area contributed by atoms with Gasteiger partial charge < -0.3 is 20.3 Å². The summed E-state index contributed by atoms with van der Waals surface area (Å²) in [5.74, 6) is 0.247. The van der Waals surface area contributed by atoms with Crippen LogP contribution in [0.2, 0.25) is 0 Å². The minimum absolute atomic E-state index is 0.184. The third kappa shape index (κ3) is 11.4. The monoisotopic (exact) mass is 535 g/mol. The molecule has 37 heavy (non-hydrogen) atoms. The fourth-order valence-corrected chi connectivity index (χ4v) is 4.69. The number of amides is 3. The van der Waals surface area contributed by atoms with Crippen LogP contribution in [-0.4, -0.2) is 59.5 Å². The van der Waals surface area contributed by atoms with Crippen LogP contribution in [0, 0.1) is 13.8 Å². The van der Waals surface area contributed by atoms with Crippen molar-refractivity contribution in [3.63, 3.8) is 0 Å². The second kappa shape index (κ2) is 16.6. The zero-order valence-corrected chi connectivity index (χ0v) is 25.1. The molecular weight excluding hydrogens is 486 g/mol. The van der Waals surface area contributed by atoms with Gasteiger partial charge in [0.1, 0.15) is 17.7 Å². The minimum Gasteiger partial charge on any atom is -0.444 e. The number of unbranched alkanes of at least 4 members (excludes halogenated alkanes) is 3. The van der Waals surface area contributed by atoms with Gasteiger partial charge in [-0.15, -0.1) is 0 Å². The van der Waals surface area contributed by atoms with Crippen LogP contribution in [0.15, 0.2) is 18.2 Å². The number of benzene rings is 1. The Labute approximate surface area is 228 Å². The van der Waals surface area contributed by atoms with Gasteiger partial charge in [0, 0.05) is 13.1 Å². The van der Waals surface area contributed by atoms with E-state index in [9.17, 15) is 14.4 Å². The van der Waals surface area contributed by atoms with Crippen molar-refractivity contribution < 1.29 is 19.1 Å². The van der Waals surface area contributed by atoms with E-state index in [0.717, 1.165) is 48.8 Å². The quantitative estimate of drug-likeness (QED) is 0.272. The van der Waals surface area contributed by atoms with Crippen molar-refractivity contribution in [1.29, 1.82) is 0 Å². The summed E-state index contributed by atoms with van der Waals surface area (Å²) < 4.78 is 5.47. The Bertz CT molecular complexity index is 849. The SMILES string of the molecule is CCCCCN(C(=O)C(CCSC)NC(=O)OC(C)(C)C)C(C(=O)NCCCC)c1c(C)cccc1C. The number of carbonyl (C=O) groups is 3. The number of nitrogens with one attached hydrogen (secondary N) is 2. The van der Waals surface area contributed by atoms with Crippen molar-refractivity contribution in [3.05, 3.63) is 34.9 Å². The van der Waals surface area contributed by atoms with E-state index < -0.39 is 23.8 Å². The van der Waals surface area contributed by atoms with Crippen LogP contribution in [0.1, 0.15) is 95.9 Å². The molecule has 3 amide bonds. The highest BCUT2D eigenvalue weighted by Crippen LogP contribution is 2.29. The van der Waals surface area contributed by atoms with Crippen molar-refractivity contribution in [3.8, 4) is 0 Å². The van der Waals surface area contributed by atoms with Crippen LogP contribution in [0.4, 0.5) is 4.79 Å². The second-order valence-corrected chi connectivity index (χ2v) is 11.6. The van der Waals surface area contributed by atoms with Crippen LogP contribution < -0.4 is 10.6 Å². The summed E-state index contributed by atoms with van der Waals surface area (Å²) in [5, 5.41) is 5.88. The fraction of sp³-hybridized carbons (Fsp3) is 0.690. The van der Waals surface area contributed by atoms with Gasteiger partial charge in [-0.1, -0.05) is 51.3 Å². The summed E-state index contributed by atoms with van der Waals surface area (Å²) in [6.45, 7) is 14.5. The highest BCUT2D eigenvalue weighted by Gasteiger charge is 2.37. The van der Waals surface area contributed by atoms with E-state index in [0.29, 0.717) is 25.3 Å². The highest BCUT2D eigenvalue weighted by molar-refractivity contribution is 7.98. The first-order chi connectivity index (χ1) is 17.5. The Balaban J connectivity index is 3.51. The maximum absolute atomic E-state index is 14.2. The number of ether oxygens (including phenoxy) is 1. The van der Waals surface area contributed by atoms with Crippen molar-refractivity contribution in [2.75, 3.05) is 25.1 Å². The van der Waals surface area contributed by atoms with Crippen molar-refractivity contribution in [2.24, 2.45) is 0 Å².